The molecule has 1 N–H and O–H groups in total. The minimum Gasteiger partial charge on any atom is -0.366 e. The Hall–Kier alpha value is -4.50. The summed E-state index contributed by atoms with van der Waals surface area (Å²) in [7, 11) is 0. The molecule has 0 spiro atoms. The summed E-state index contributed by atoms with van der Waals surface area (Å²) in [5.74, 6) is 5.52. The molecule has 0 amide bonds. The summed E-state index contributed by atoms with van der Waals surface area (Å²) < 4.78 is 0. The third-order valence-corrected chi connectivity index (χ3v) is 7.01. The largest absolute Gasteiger partial charge is 1.00 e. The summed E-state index contributed by atoms with van der Waals surface area (Å²) in [6, 6.07) is 29.2. The number of hydrogen-bond acceptors (Lipinski definition) is 4. The van der Waals surface area contributed by atoms with Crippen molar-refractivity contribution in [1.29, 1.82) is 5.41 Å². The molecular formula is C37H26Au2N6. The Balaban J connectivity index is 0.000000181. The van der Waals surface area contributed by atoms with Gasteiger partial charge in [-0.2, -0.15) is 0 Å². The Kier molecular flexibility index (Phi) is 13.8. The van der Waals surface area contributed by atoms with Crippen molar-refractivity contribution >= 4 is 18.9 Å². The molecule has 4 aromatic carbocycles. The van der Waals surface area contributed by atoms with Gasteiger partial charge in [-0.25, -0.2) is 24.9 Å². The van der Waals surface area contributed by atoms with Crippen LogP contribution in [-0.2, 0) is 64.0 Å². The maximum absolute atomic E-state index is 7.12. The second-order valence-corrected chi connectivity index (χ2v) is 9.65. The topological polar surface area (TPSA) is 87.2 Å². The van der Waals surface area contributed by atoms with Crippen molar-refractivity contribution in [3.8, 4) is 34.1 Å². The molecule has 8 heteroatoms. The van der Waals surface area contributed by atoms with Gasteiger partial charge in [0.25, 0.3) is 0 Å². The van der Waals surface area contributed by atoms with Crippen LogP contribution < -0.4 is 0 Å². The van der Waals surface area contributed by atoms with Gasteiger partial charge in [0, 0.05) is 12.6 Å². The summed E-state index contributed by atoms with van der Waals surface area (Å²) in [4.78, 5) is 18.7. The first kappa shape index (κ1) is 35.0. The Bertz CT molecular complexity index is 1800. The van der Waals surface area contributed by atoms with E-state index in [1.54, 1.807) is 6.21 Å². The molecule has 0 bridgehead atoms. The standard InChI is InChI=1S/2C15H9.C7H8N6.2Au/c2*1-2-11-7-8-15-13(9-11)10-12-5-3-4-6-14(12)15;8-3-10-4-9-2-1-7-12-5-11-6-13-7;;/h2*3-9H,10H2;2-6,8H,1H2;;/q2*-1;;2*+1. The Morgan fingerprint density at radius 1 is 0.667 bits per heavy atom. The van der Waals surface area contributed by atoms with Crippen LogP contribution in [0.1, 0.15) is 39.2 Å². The molecule has 0 aliphatic heterocycles. The molecule has 5 aromatic rings. The van der Waals surface area contributed by atoms with Crippen LogP contribution in [0.15, 0.2) is 108 Å². The maximum atomic E-state index is 7.12. The van der Waals surface area contributed by atoms with E-state index in [0.717, 1.165) is 30.3 Å². The normalized spacial score (nSPS) is 11.0. The van der Waals surface area contributed by atoms with Crippen LogP contribution in [0.25, 0.3) is 22.3 Å². The van der Waals surface area contributed by atoms with Gasteiger partial charge in [0.05, 0.1) is 0 Å². The molecule has 2 aliphatic rings. The fourth-order valence-electron chi connectivity index (χ4n) is 5.07. The van der Waals surface area contributed by atoms with Gasteiger partial charge in [-0.1, -0.05) is 71.8 Å². The maximum Gasteiger partial charge on any atom is 1.00 e. The van der Waals surface area contributed by atoms with E-state index in [0.29, 0.717) is 12.2 Å². The average Bonchev–Trinajstić information content (AvgIpc) is 3.63. The zero-order chi connectivity index (χ0) is 29.9. The average molecular weight is 949 g/mol. The monoisotopic (exact) mass is 948 g/mol. The summed E-state index contributed by atoms with van der Waals surface area (Å²) >= 11 is 0. The van der Waals surface area contributed by atoms with Crippen LogP contribution in [0.3, 0.4) is 0 Å². The van der Waals surface area contributed by atoms with Gasteiger partial charge in [0.2, 0.25) is 0 Å². The van der Waals surface area contributed by atoms with E-state index in [2.05, 4.69) is 110 Å². The molecule has 6 nitrogen and oxygen atoms in total. The van der Waals surface area contributed by atoms with Crippen LogP contribution in [0.5, 0.6) is 0 Å². The molecule has 0 fully saturated rings. The van der Waals surface area contributed by atoms with Crippen molar-refractivity contribution in [3.05, 3.63) is 150 Å². The molecule has 0 radical (unpaired) electrons. The summed E-state index contributed by atoms with van der Waals surface area (Å²) in [5.41, 5.74) is 12.4. The Morgan fingerprint density at radius 2 is 1.16 bits per heavy atom. The smallest absolute Gasteiger partial charge is 0.366 e. The Morgan fingerprint density at radius 3 is 1.64 bits per heavy atom. The zero-order valence-electron chi connectivity index (χ0n) is 23.9. The number of aliphatic imine (C=N–C) groups is 2. The first-order chi connectivity index (χ1) is 21.2. The van der Waals surface area contributed by atoms with E-state index < -0.39 is 0 Å². The van der Waals surface area contributed by atoms with E-state index in [1.807, 2.05) is 12.1 Å². The van der Waals surface area contributed by atoms with Crippen LogP contribution in [-0.4, -0.2) is 33.8 Å². The van der Waals surface area contributed by atoms with E-state index in [9.17, 15) is 0 Å². The van der Waals surface area contributed by atoms with Crippen molar-refractivity contribution in [3.63, 3.8) is 0 Å². The molecule has 0 saturated heterocycles. The van der Waals surface area contributed by atoms with Crippen molar-refractivity contribution in [1.82, 2.24) is 15.0 Å². The molecule has 1 heterocycles. The number of hydrogen-bond donors (Lipinski definition) is 1. The van der Waals surface area contributed by atoms with Gasteiger partial charge < -0.3 is 12.8 Å². The van der Waals surface area contributed by atoms with Gasteiger partial charge in [-0.15, -0.1) is 35.4 Å². The van der Waals surface area contributed by atoms with Gasteiger partial charge in [0.1, 0.15) is 31.2 Å². The van der Waals surface area contributed by atoms with Crippen LogP contribution in [0, 0.1) is 30.1 Å². The fraction of sp³-hybridized carbons (Fsp3) is 0.0811. The summed E-state index contributed by atoms with van der Waals surface area (Å²) in [6.07, 6.45) is 23.4. The van der Waals surface area contributed by atoms with Crippen molar-refractivity contribution < 1.29 is 44.8 Å². The van der Waals surface area contributed by atoms with E-state index in [4.69, 9.17) is 18.3 Å². The molecule has 226 valence electrons. The number of benzene rings is 4. The molecular weight excluding hydrogens is 922 g/mol. The van der Waals surface area contributed by atoms with E-state index >= 15 is 0 Å². The molecule has 0 atom stereocenters. The summed E-state index contributed by atoms with van der Waals surface area (Å²) in [5, 5.41) is 6.57. The van der Waals surface area contributed by atoms with Gasteiger partial charge in [0.15, 0.2) is 0 Å². The fourth-order valence-corrected chi connectivity index (χ4v) is 5.07. The van der Waals surface area contributed by atoms with Gasteiger partial charge in [-0.3, -0.25) is 17.3 Å². The minimum atomic E-state index is 0. The number of fused-ring (bicyclic) bond motifs is 6. The SMILES string of the molecule is N=CN=CN=CCc1ncncn1.[Au+].[Au+].[C-]#Cc1ccc2c(c1)Cc1ccccc1-2.[C-]#Cc1ccc2c(c1)Cc1ccccc1-2. The van der Waals surface area contributed by atoms with Crippen molar-refractivity contribution in [2.24, 2.45) is 9.98 Å². The molecule has 0 saturated carbocycles. The van der Waals surface area contributed by atoms with Crippen molar-refractivity contribution in [2.45, 2.75) is 19.3 Å². The van der Waals surface area contributed by atoms with E-state index in [-0.39, 0.29) is 44.8 Å². The van der Waals surface area contributed by atoms with Crippen LogP contribution in [0.2, 0.25) is 0 Å². The molecule has 1 aromatic heterocycles. The first-order valence-corrected chi connectivity index (χ1v) is 13.6. The van der Waals surface area contributed by atoms with Gasteiger partial charge in [-0.05, 0) is 46.2 Å². The quantitative estimate of drug-likeness (QED) is 0.0719. The van der Waals surface area contributed by atoms with Crippen molar-refractivity contribution in [2.75, 3.05) is 0 Å². The van der Waals surface area contributed by atoms with Gasteiger partial charge >= 0.3 is 44.8 Å². The number of rotatable bonds is 4. The van der Waals surface area contributed by atoms with Crippen LogP contribution >= 0.6 is 0 Å². The predicted molar refractivity (Wildman–Crippen MR) is 171 cm³/mol. The van der Waals surface area contributed by atoms with E-state index in [1.165, 1.54) is 63.5 Å². The number of aromatic nitrogens is 3. The van der Waals surface area contributed by atoms with Crippen LogP contribution in [0.4, 0.5) is 0 Å². The molecule has 0 unspecified atom stereocenters. The second kappa shape index (κ2) is 17.7. The minimum absolute atomic E-state index is 0. The first-order valence-electron chi connectivity index (χ1n) is 13.6. The predicted octanol–water partition coefficient (Wildman–Crippen LogP) is 6.51. The summed E-state index contributed by atoms with van der Waals surface area (Å²) in [6.45, 7) is 0. The second-order valence-electron chi connectivity index (χ2n) is 9.65. The molecule has 45 heavy (non-hydrogen) atoms. The number of nitrogens with one attached hydrogen (secondary N) is 1. The molecule has 2 aliphatic carbocycles. The zero-order valence-corrected chi connectivity index (χ0v) is 28.3. The number of nitrogens with zero attached hydrogens (tertiary/aromatic N) is 5. The molecule has 7 rings (SSSR count). The Labute approximate surface area is 295 Å². The third kappa shape index (κ3) is 9.01. The third-order valence-electron chi connectivity index (χ3n) is 7.01.